The van der Waals surface area contributed by atoms with Gasteiger partial charge in [0.15, 0.2) is 11.5 Å². The van der Waals surface area contributed by atoms with E-state index in [0.717, 1.165) is 0 Å². The molecular formula is C11H12N6O2S. The summed E-state index contributed by atoms with van der Waals surface area (Å²) in [6.07, 6.45) is 3.27. The first-order valence-corrected chi connectivity index (χ1v) is 7.20. The van der Waals surface area contributed by atoms with Crippen molar-refractivity contribution in [2.24, 2.45) is 7.05 Å². The van der Waals surface area contributed by atoms with E-state index >= 15 is 0 Å². The quantitative estimate of drug-likeness (QED) is 0.802. The number of hydrogen-bond acceptors (Lipinski definition) is 6. The molecule has 0 aliphatic heterocycles. The van der Waals surface area contributed by atoms with E-state index in [-0.39, 0.29) is 17.1 Å². The predicted octanol–water partition coefficient (Wildman–Crippen LogP) is -0.397. The number of nitrogens with zero attached hydrogens (tertiary/aromatic N) is 5. The second-order valence-corrected chi connectivity index (χ2v) is 5.68. The van der Waals surface area contributed by atoms with Crippen molar-refractivity contribution in [2.75, 3.05) is 6.54 Å². The second kappa shape index (κ2) is 5.77. The van der Waals surface area contributed by atoms with Gasteiger partial charge < -0.3 is 0 Å². The van der Waals surface area contributed by atoms with Crippen molar-refractivity contribution in [3.63, 3.8) is 0 Å². The molecule has 0 unspecified atom stereocenters. The topological polar surface area (TPSA) is 114 Å². The Morgan fingerprint density at radius 1 is 1.45 bits per heavy atom. The molecule has 104 valence electrons. The van der Waals surface area contributed by atoms with Gasteiger partial charge in [0, 0.05) is 26.2 Å². The maximum absolute atomic E-state index is 12.1. The lowest BCUT2D eigenvalue weighted by Gasteiger charge is -2.06. The summed E-state index contributed by atoms with van der Waals surface area (Å²) >= 11 is 0. The molecule has 0 radical (unpaired) electrons. The molecule has 0 amide bonds. The Labute approximate surface area is 116 Å². The molecular weight excluding hydrogens is 280 g/mol. The first-order valence-electron chi connectivity index (χ1n) is 5.72. The molecule has 8 nitrogen and oxygen atoms in total. The predicted molar refractivity (Wildman–Crippen MR) is 68.8 cm³/mol. The third kappa shape index (κ3) is 3.17. The second-order valence-electron chi connectivity index (χ2n) is 3.94. The van der Waals surface area contributed by atoms with Gasteiger partial charge in [-0.15, -0.1) is 0 Å². The summed E-state index contributed by atoms with van der Waals surface area (Å²) < 4.78 is 28.1. The van der Waals surface area contributed by atoms with Crippen molar-refractivity contribution in [3.05, 3.63) is 36.2 Å². The summed E-state index contributed by atoms with van der Waals surface area (Å²) in [5.74, 6) is 0.543. The molecule has 0 spiro atoms. The standard InChI is InChI=1S/C11H12N6O2S/c1-17-8-14-11(16-17)4-6-15-20(18,19)10-3-2-5-13-9(10)7-12/h2-3,5,8,15H,4,6H2,1H3. The van der Waals surface area contributed by atoms with E-state index in [9.17, 15) is 8.42 Å². The fourth-order valence-electron chi connectivity index (χ4n) is 1.56. The summed E-state index contributed by atoms with van der Waals surface area (Å²) in [4.78, 5) is 7.59. The zero-order valence-corrected chi connectivity index (χ0v) is 11.5. The summed E-state index contributed by atoms with van der Waals surface area (Å²) in [6, 6.07) is 4.56. The highest BCUT2D eigenvalue weighted by Crippen LogP contribution is 2.11. The number of aromatic nitrogens is 4. The van der Waals surface area contributed by atoms with Gasteiger partial charge in [-0.1, -0.05) is 0 Å². The number of sulfonamides is 1. The smallest absolute Gasteiger partial charge is 0.243 e. The maximum Gasteiger partial charge on any atom is 0.243 e. The highest BCUT2D eigenvalue weighted by atomic mass is 32.2. The first-order chi connectivity index (χ1) is 9.53. The molecule has 2 rings (SSSR count). The van der Waals surface area contributed by atoms with Crippen LogP contribution in [0.5, 0.6) is 0 Å². The average molecular weight is 292 g/mol. The van der Waals surface area contributed by atoms with Crippen LogP contribution in [-0.4, -0.2) is 34.7 Å². The van der Waals surface area contributed by atoms with Gasteiger partial charge in [0.2, 0.25) is 10.0 Å². The number of aryl methyl sites for hydroxylation is 1. The van der Waals surface area contributed by atoms with Gasteiger partial charge in [-0.3, -0.25) is 4.68 Å². The molecule has 9 heteroatoms. The summed E-state index contributed by atoms with van der Waals surface area (Å²) in [6.45, 7) is 0.145. The van der Waals surface area contributed by atoms with Crippen molar-refractivity contribution < 1.29 is 8.42 Å². The van der Waals surface area contributed by atoms with Crippen LogP contribution in [0.25, 0.3) is 0 Å². The van der Waals surface area contributed by atoms with Crippen LogP contribution in [-0.2, 0) is 23.5 Å². The number of nitrogens with one attached hydrogen (secondary N) is 1. The summed E-state index contributed by atoms with van der Waals surface area (Å²) in [5, 5.41) is 12.9. The minimum absolute atomic E-state index is 0.128. The molecule has 0 bridgehead atoms. The van der Waals surface area contributed by atoms with Crippen LogP contribution < -0.4 is 4.72 Å². The Hall–Kier alpha value is -2.31. The lowest BCUT2D eigenvalue weighted by Crippen LogP contribution is -2.27. The molecule has 0 aliphatic carbocycles. The number of rotatable bonds is 5. The van der Waals surface area contributed by atoms with Gasteiger partial charge in [0.1, 0.15) is 17.3 Å². The van der Waals surface area contributed by atoms with E-state index in [0.29, 0.717) is 12.2 Å². The van der Waals surface area contributed by atoms with Crippen molar-refractivity contribution >= 4 is 10.0 Å². The monoisotopic (exact) mass is 292 g/mol. The van der Waals surface area contributed by atoms with Gasteiger partial charge in [-0.25, -0.2) is 23.1 Å². The number of nitriles is 1. The van der Waals surface area contributed by atoms with Crippen molar-refractivity contribution in [1.82, 2.24) is 24.5 Å². The van der Waals surface area contributed by atoms with E-state index < -0.39 is 10.0 Å². The van der Waals surface area contributed by atoms with E-state index in [2.05, 4.69) is 19.8 Å². The van der Waals surface area contributed by atoms with Gasteiger partial charge in [-0.05, 0) is 12.1 Å². The third-order valence-electron chi connectivity index (χ3n) is 2.45. The largest absolute Gasteiger partial charge is 0.256 e. The molecule has 2 aromatic rings. The summed E-state index contributed by atoms with van der Waals surface area (Å²) in [5.41, 5.74) is -0.129. The Balaban J connectivity index is 2.06. The van der Waals surface area contributed by atoms with Crippen molar-refractivity contribution in [1.29, 1.82) is 5.26 Å². The molecule has 1 N–H and O–H groups in total. The Bertz CT molecular complexity index is 746. The van der Waals surface area contributed by atoms with E-state index in [4.69, 9.17) is 5.26 Å². The van der Waals surface area contributed by atoms with Crippen molar-refractivity contribution in [2.45, 2.75) is 11.3 Å². The minimum Gasteiger partial charge on any atom is -0.256 e. The molecule has 0 saturated heterocycles. The van der Waals surface area contributed by atoms with Crippen LogP contribution in [0.2, 0.25) is 0 Å². The Morgan fingerprint density at radius 3 is 2.90 bits per heavy atom. The van der Waals surface area contributed by atoms with E-state index in [1.54, 1.807) is 24.1 Å². The van der Waals surface area contributed by atoms with Crippen LogP contribution in [0.1, 0.15) is 11.5 Å². The molecule has 2 aromatic heterocycles. The minimum atomic E-state index is -3.76. The molecule has 0 fully saturated rings. The van der Waals surface area contributed by atoms with Crippen LogP contribution in [0.3, 0.4) is 0 Å². The Kier molecular flexibility index (Phi) is 4.07. The lowest BCUT2D eigenvalue weighted by molar-refractivity contribution is 0.580. The molecule has 0 atom stereocenters. The molecule has 2 heterocycles. The molecule has 20 heavy (non-hydrogen) atoms. The number of pyridine rings is 1. The number of hydrogen-bond donors (Lipinski definition) is 1. The fourth-order valence-corrected chi connectivity index (χ4v) is 2.70. The summed E-state index contributed by atoms with van der Waals surface area (Å²) in [7, 11) is -2.03. The van der Waals surface area contributed by atoms with Gasteiger partial charge in [0.25, 0.3) is 0 Å². The van der Waals surface area contributed by atoms with Gasteiger partial charge in [-0.2, -0.15) is 10.4 Å². The van der Waals surface area contributed by atoms with Crippen LogP contribution in [0.4, 0.5) is 0 Å². The molecule has 0 saturated carbocycles. The van der Waals surface area contributed by atoms with Crippen LogP contribution >= 0.6 is 0 Å². The van der Waals surface area contributed by atoms with Crippen LogP contribution in [0, 0.1) is 11.3 Å². The Morgan fingerprint density at radius 2 is 2.25 bits per heavy atom. The SMILES string of the molecule is Cn1cnc(CCNS(=O)(=O)c2cccnc2C#N)n1. The first kappa shape index (κ1) is 14.1. The fraction of sp³-hybridized carbons (Fsp3) is 0.273. The van der Waals surface area contributed by atoms with Crippen molar-refractivity contribution in [3.8, 4) is 6.07 Å². The van der Waals surface area contributed by atoms with Crippen LogP contribution in [0.15, 0.2) is 29.6 Å². The highest BCUT2D eigenvalue weighted by Gasteiger charge is 2.18. The highest BCUT2D eigenvalue weighted by molar-refractivity contribution is 7.89. The maximum atomic E-state index is 12.1. The molecule has 0 aromatic carbocycles. The molecule has 0 aliphatic rings. The van der Waals surface area contributed by atoms with Gasteiger partial charge >= 0.3 is 0 Å². The third-order valence-corrected chi connectivity index (χ3v) is 3.95. The normalized spacial score (nSPS) is 11.2. The van der Waals surface area contributed by atoms with E-state index in [1.165, 1.54) is 18.3 Å². The van der Waals surface area contributed by atoms with E-state index in [1.807, 2.05) is 0 Å². The van der Waals surface area contributed by atoms with Gasteiger partial charge in [0.05, 0.1) is 0 Å². The average Bonchev–Trinajstić information content (AvgIpc) is 2.84. The zero-order valence-electron chi connectivity index (χ0n) is 10.7. The lowest BCUT2D eigenvalue weighted by atomic mass is 10.4. The zero-order chi connectivity index (χ0) is 14.6.